The van der Waals surface area contributed by atoms with Crippen LogP contribution in [-0.2, 0) is 18.4 Å². The predicted octanol–water partition coefficient (Wildman–Crippen LogP) is 4.58. The first-order valence-corrected chi connectivity index (χ1v) is 10.4. The Labute approximate surface area is 168 Å². The van der Waals surface area contributed by atoms with Gasteiger partial charge in [0, 0.05) is 23.4 Å². The van der Waals surface area contributed by atoms with Crippen LogP contribution in [0.25, 0.3) is 21.3 Å². The molecule has 0 saturated heterocycles. The van der Waals surface area contributed by atoms with Gasteiger partial charge in [-0.15, -0.1) is 11.3 Å². The SMILES string of the molecule is CCc1sc2[nH]c(=O)n(CCCC#N)c(=O)c2c1-c1ccc(C(C)(C)C)cc1. The second-order valence-electron chi connectivity index (χ2n) is 7.93. The second kappa shape index (κ2) is 7.76. The van der Waals surface area contributed by atoms with Crippen molar-refractivity contribution in [3.8, 4) is 17.2 Å². The molecule has 0 aliphatic carbocycles. The van der Waals surface area contributed by atoms with E-state index in [1.807, 2.05) is 0 Å². The van der Waals surface area contributed by atoms with E-state index in [2.05, 4.69) is 63.0 Å². The molecule has 3 rings (SSSR count). The van der Waals surface area contributed by atoms with Crippen LogP contribution in [0.15, 0.2) is 33.9 Å². The van der Waals surface area contributed by atoms with Crippen LogP contribution >= 0.6 is 11.3 Å². The number of thiophene rings is 1. The summed E-state index contributed by atoms with van der Waals surface area (Å²) in [5.74, 6) is 0. The maximum absolute atomic E-state index is 13.2. The largest absolute Gasteiger partial charge is 0.329 e. The van der Waals surface area contributed by atoms with Crippen molar-refractivity contribution in [2.75, 3.05) is 0 Å². The van der Waals surface area contributed by atoms with E-state index in [4.69, 9.17) is 5.26 Å². The molecule has 28 heavy (non-hydrogen) atoms. The molecule has 3 aromatic rings. The average molecular weight is 396 g/mol. The maximum Gasteiger partial charge on any atom is 0.329 e. The van der Waals surface area contributed by atoms with Crippen LogP contribution in [-0.4, -0.2) is 9.55 Å². The maximum atomic E-state index is 13.2. The number of hydrogen-bond donors (Lipinski definition) is 1. The fourth-order valence-electron chi connectivity index (χ4n) is 3.37. The van der Waals surface area contributed by atoms with Gasteiger partial charge in [-0.05, 0) is 29.4 Å². The summed E-state index contributed by atoms with van der Waals surface area (Å²) in [5, 5.41) is 9.31. The summed E-state index contributed by atoms with van der Waals surface area (Å²) < 4.78 is 1.22. The first-order valence-electron chi connectivity index (χ1n) is 9.54. The lowest BCUT2D eigenvalue weighted by atomic mass is 9.86. The van der Waals surface area contributed by atoms with Gasteiger partial charge in [0.25, 0.3) is 5.56 Å². The number of nitrogens with zero attached hydrogens (tertiary/aromatic N) is 2. The lowest BCUT2D eigenvalue weighted by Gasteiger charge is -2.19. The van der Waals surface area contributed by atoms with Gasteiger partial charge < -0.3 is 0 Å². The molecule has 0 amide bonds. The number of unbranched alkanes of at least 4 members (excludes halogenated alkanes) is 1. The van der Waals surface area contributed by atoms with Gasteiger partial charge in [0.05, 0.1) is 11.5 Å². The lowest BCUT2D eigenvalue weighted by molar-refractivity contribution is 0.590. The van der Waals surface area contributed by atoms with E-state index < -0.39 is 5.69 Å². The van der Waals surface area contributed by atoms with Crippen LogP contribution in [0.5, 0.6) is 0 Å². The zero-order valence-electron chi connectivity index (χ0n) is 16.8. The molecular weight excluding hydrogens is 370 g/mol. The highest BCUT2D eigenvalue weighted by molar-refractivity contribution is 7.19. The van der Waals surface area contributed by atoms with Crippen molar-refractivity contribution in [3.63, 3.8) is 0 Å². The topological polar surface area (TPSA) is 78.7 Å². The Morgan fingerprint density at radius 2 is 1.86 bits per heavy atom. The Bertz CT molecular complexity index is 1150. The molecule has 0 unspecified atom stereocenters. The van der Waals surface area contributed by atoms with E-state index in [1.54, 1.807) is 0 Å². The number of aryl methyl sites for hydroxylation is 1. The number of H-pyrrole nitrogens is 1. The second-order valence-corrected chi connectivity index (χ2v) is 9.04. The number of aromatic amines is 1. The summed E-state index contributed by atoms with van der Waals surface area (Å²) in [6.45, 7) is 8.82. The summed E-state index contributed by atoms with van der Waals surface area (Å²) in [5.41, 5.74) is 2.51. The van der Waals surface area contributed by atoms with E-state index in [0.29, 0.717) is 23.1 Å². The molecule has 2 aromatic heterocycles. The first kappa shape index (κ1) is 20.1. The Kier molecular flexibility index (Phi) is 5.57. The van der Waals surface area contributed by atoms with Crippen LogP contribution < -0.4 is 11.2 Å². The highest BCUT2D eigenvalue weighted by Gasteiger charge is 2.20. The predicted molar refractivity (Wildman–Crippen MR) is 115 cm³/mol. The average Bonchev–Trinajstić information content (AvgIpc) is 3.02. The number of rotatable bonds is 5. The van der Waals surface area contributed by atoms with Crippen molar-refractivity contribution in [1.82, 2.24) is 9.55 Å². The third-order valence-corrected chi connectivity index (χ3v) is 6.19. The number of aromatic nitrogens is 2. The van der Waals surface area contributed by atoms with Gasteiger partial charge in [0.1, 0.15) is 4.83 Å². The fraction of sp³-hybridized carbons (Fsp3) is 0.409. The molecule has 0 atom stereocenters. The number of nitriles is 1. The highest BCUT2D eigenvalue weighted by atomic mass is 32.1. The van der Waals surface area contributed by atoms with E-state index in [0.717, 1.165) is 22.4 Å². The van der Waals surface area contributed by atoms with Gasteiger partial charge in [0.2, 0.25) is 0 Å². The van der Waals surface area contributed by atoms with Crippen LogP contribution in [0.2, 0.25) is 0 Å². The van der Waals surface area contributed by atoms with E-state index in [1.165, 1.54) is 21.5 Å². The molecule has 0 radical (unpaired) electrons. The first-order chi connectivity index (χ1) is 13.3. The van der Waals surface area contributed by atoms with Gasteiger partial charge in [-0.2, -0.15) is 5.26 Å². The molecule has 6 heteroatoms. The summed E-state index contributed by atoms with van der Waals surface area (Å²) >= 11 is 1.47. The van der Waals surface area contributed by atoms with Crippen molar-refractivity contribution in [2.45, 2.75) is 58.9 Å². The van der Waals surface area contributed by atoms with Crippen molar-refractivity contribution in [2.24, 2.45) is 0 Å². The Morgan fingerprint density at radius 1 is 1.18 bits per heavy atom. The molecule has 0 bridgehead atoms. The van der Waals surface area contributed by atoms with Crippen LogP contribution in [0, 0.1) is 11.3 Å². The zero-order chi connectivity index (χ0) is 20.5. The van der Waals surface area contributed by atoms with Gasteiger partial charge in [-0.3, -0.25) is 14.3 Å². The molecule has 1 aromatic carbocycles. The number of benzene rings is 1. The normalized spacial score (nSPS) is 11.7. The summed E-state index contributed by atoms with van der Waals surface area (Å²) in [7, 11) is 0. The van der Waals surface area contributed by atoms with Crippen molar-refractivity contribution in [1.29, 1.82) is 5.26 Å². The molecule has 0 spiro atoms. The quantitative estimate of drug-likeness (QED) is 0.642. The molecule has 0 fully saturated rings. The third kappa shape index (κ3) is 3.67. The minimum Gasteiger partial charge on any atom is -0.298 e. The molecule has 0 saturated carbocycles. The summed E-state index contributed by atoms with van der Waals surface area (Å²) in [4.78, 5) is 30.1. The minimum atomic E-state index is -0.408. The Morgan fingerprint density at radius 3 is 2.43 bits per heavy atom. The smallest absolute Gasteiger partial charge is 0.298 e. The number of fused-ring (bicyclic) bond motifs is 1. The zero-order valence-corrected chi connectivity index (χ0v) is 17.6. The highest BCUT2D eigenvalue weighted by Crippen LogP contribution is 2.37. The molecule has 0 aliphatic heterocycles. The molecule has 1 N–H and O–H groups in total. The van der Waals surface area contributed by atoms with Gasteiger partial charge in [-0.1, -0.05) is 52.0 Å². The third-order valence-electron chi connectivity index (χ3n) is 4.94. The van der Waals surface area contributed by atoms with E-state index >= 15 is 0 Å². The summed E-state index contributed by atoms with van der Waals surface area (Å²) in [6, 6.07) is 10.4. The van der Waals surface area contributed by atoms with Crippen LogP contribution in [0.1, 0.15) is 51.0 Å². The minimum absolute atomic E-state index is 0.0571. The van der Waals surface area contributed by atoms with Gasteiger partial charge >= 0.3 is 5.69 Å². The van der Waals surface area contributed by atoms with E-state index in [9.17, 15) is 9.59 Å². The summed E-state index contributed by atoms with van der Waals surface area (Å²) in [6.07, 6.45) is 1.58. The van der Waals surface area contributed by atoms with Gasteiger partial charge in [-0.25, -0.2) is 4.79 Å². The Balaban J connectivity index is 2.21. The number of nitrogens with one attached hydrogen (secondary N) is 1. The number of hydrogen-bond acceptors (Lipinski definition) is 4. The molecule has 146 valence electrons. The molecular formula is C22H25N3O2S. The molecule has 0 aliphatic rings. The fourth-order valence-corrected chi connectivity index (χ4v) is 4.52. The molecule has 2 heterocycles. The molecule has 5 nitrogen and oxygen atoms in total. The van der Waals surface area contributed by atoms with Crippen molar-refractivity contribution >= 4 is 21.6 Å². The van der Waals surface area contributed by atoms with Gasteiger partial charge in [0.15, 0.2) is 0 Å². The lowest BCUT2D eigenvalue weighted by Crippen LogP contribution is -2.34. The van der Waals surface area contributed by atoms with Crippen molar-refractivity contribution in [3.05, 3.63) is 55.5 Å². The van der Waals surface area contributed by atoms with E-state index in [-0.39, 0.29) is 17.5 Å². The van der Waals surface area contributed by atoms with Crippen molar-refractivity contribution < 1.29 is 0 Å². The Hall–Kier alpha value is -2.65. The monoisotopic (exact) mass is 395 g/mol. The van der Waals surface area contributed by atoms with Crippen LogP contribution in [0.3, 0.4) is 0 Å². The standard InChI is InChI=1S/C22H25N3O2S/c1-5-16-17(14-8-10-15(11-9-14)22(2,3)4)18-19(28-16)24-21(27)25(20(18)26)13-7-6-12-23/h8-11H,5-7,13H2,1-4H3,(H,24,27). The van der Waals surface area contributed by atoms with Crippen LogP contribution in [0.4, 0.5) is 0 Å².